The summed E-state index contributed by atoms with van der Waals surface area (Å²) >= 11 is 0. The minimum atomic E-state index is -4.93. The largest absolute Gasteiger partial charge is 0.472 e. The van der Waals surface area contributed by atoms with Gasteiger partial charge in [0.05, 0.1) is 26.4 Å². The molecule has 0 aliphatic carbocycles. The Bertz CT molecular complexity index is 1490. The number of esters is 4. The van der Waals surface area contributed by atoms with Gasteiger partial charge in [0.15, 0.2) is 12.2 Å². The molecule has 0 bridgehead atoms. The first kappa shape index (κ1) is 74.1. The van der Waals surface area contributed by atoms with Crippen molar-refractivity contribution in [1.82, 2.24) is 0 Å². The van der Waals surface area contributed by atoms with Crippen LogP contribution in [-0.4, -0.2) is 96.7 Å². The number of hydrogen-bond acceptors (Lipinski definition) is 15. The summed E-state index contributed by atoms with van der Waals surface area (Å²) in [4.78, 5) is 71.3. The maximum atomic E-state index is 12.9. The predicted molar refractivity (Wildman–Crippen MR) is 299 cm³/mol. The van der Waals surface area contributed by atoms with Crippen molar-refractivity contribution in [1.29, 1.82) is 0 Å². The highest BCUT2D eigenvalue weighted by molar-refractivity contribution is 7.47. The molecule has 76 heavy (non-hydrogen) atoms. The Kier molecular flexibility index (Phi) is 51.1. The Balaban J connectivity index is 5.10. The van der Waals surface area contributed by atoms with E-state index in [9.17, 15) is 43.2 Å². The molecule has 3 N–H and O–H groups in total. The molecule has 0 spiro atoms. The molecule has 450 valence electrons. The molecule has 2 unspecified atom stereocenters. The van der Waals surface area contributed by atoms with Crippen LogP contribution in [0.3, 0.4) is 0 Å². The molecule has 0 rings (SSSR count). The van der Waals surface area contributed by atoms with Crippen LogP contribution in [0.4, 0.5) is 0 Å². The Morgan fingerprint density at radius 3 is 0.776 bits per heavy atom. The maximum absolute atomic E-state index is 12.9. The Hall–Kier alpha value is -1.94. The molecule has 19 heteroatoms. The highest BCUT2D eigenvalue weighted by Crippen LogP contribution is 2.45. The molecule has 0 radical (unpaired) electrons. The van der Waals surface area contributed by atoms with E-state index in [0.717, 1.165) is 96.3 Å². The number of aliphatic hydroxyl groups is 1. The molecule has 0 heterocycles. The number of hydrogen-bond donors (Lipinski definition) is 3. The van der Waals surface area contributed by atoms with Crippen molar-refractivity contribution in [2.75, 3.05) is 39.6 Å². The topological polar surface area (TPSA) is 237 Å². The van der Waals surface area contributed by atoms with Gasteiger partial charge in [0.1, 0.15) is 19.3 Å². The molecule has 0 aliphatic heterocycles. The minimum Gasteiger partial charge on any atom is -0.462 e. The number of rotatable bonds is 58. The fourth-order valence-corrected chi connectivity index (χ4v) is 9.98. The average molecular weight is 1130 g/mol. The first-order valence-corrected chi connectivity index (χ1v) is 33.3. The van der Waals surface area contributed by atoms with Crippen LogP contribution in [-0.2, 0) is 65.4 Å². The Morgan fingerprint density at radius 1 is 0.316 bits per heavy atom. The van der Waals surface area contributed by atoms with Gasteiger partial charge in [0.2, 0.25) is 0 Å². The van der Waals surface area contributed by atoms with Crippen molar-refractivity contribution in [3.8, 4) is 0 Å². The summed E-state index contributed by atoms with van der Waals surface area (Å²) in [6.45, 7) is 4.65. The number of phosphoric ester groups is 2. The summed E-state index contributed by atoms with van der Waals surface area (Å²) in [5.41, 5.74) is 0. The third kappa shape index (κ3) is 51.5. The summed E-state index contributed by atoms with van der Waals surface area (Å²) in [5, 5.41) is 10.4. The minimum absolute atomic E-state index is 0.0990. The lowest BCUT2D eigenvalue weighted by molar-refractivity contribution is -0.161. The van der Waals surface area contributed by atoms with Crippen LogP contribution >= 0.6 is 15.6 Å². The highest BCUT2D eigenvalue weighted by atomic mass is 31.2. The number of carbonyl (C=O) groups excluding carboxylic acids is 4. The molecule has 17 nitrogen and oxygen atoms in total. The molecule has 0 aromatic rings. The van der Waals surface area contributed by atoms with Gasteiger partial charge < -0.3 is 33.8 Å². The van der Waals surface area contributed by atoms with Gasteiger partial charge >= 0.3 is 39.5 Å². The number of phosphoric acid groups is 2. The monoisotopic (exact) mass is 1130 g/mol. The first-order valence-electron chi connectivity index (χ1n) is 30.3. The molecule has 0 saturated heterocycles. The lowest BCUT2D eigenvalue weighted by Gasteiger charge is -2.21. The molecule has 0 amide bonds. The van der Waals surface area contributed by atoms with Gasteiger partial charge in [-0.3, -0.25) is 37.3 Å². The van der Waals surface area contributed by atoms with E-state index in [-0.39, 0.29) is 25.7 Å². The molecule has 0 aliphatic rings. The maximum Gasteiger partial charge on any atom is 0.472 e. The summed E-state index contributed by atoms with van der Waals surface area (Å²) in [7, 11) is -9.85. The summed E-state index contributed by atoms with van der Waals surface area (Å²) in [6, 6.07) is 0. The third-order valence-corrected chi connectivity index (χ3v) is 15.0. The summed E-state index contributed by atoms with van der Waals surface area (Å²) in [6.07, 6.45) is 35.6. The second-order valence-corrected chi connectivity index (χ2v) is 23.6. The zero-order valence-electron chi connectivity index (χ0n) is 48.2. The zero-order valence-corrected chi connectivity index (χ0v) is 50.0. The van der Waals surface area contributed by atoms with E-state index in [0.29, 0.717) is 25.7 Å². The fraction of sp³-hybridized carbons (Fsp3) is 0.930. The van der Waals surface area contributed by atoms with Crippen LogP contribution < -0.4 is 0 Å². The van der Waals surface area contributed by atoms with E-state index in [4.69, 9.17) is 37.0 Å². The lowest BCUT2D eigenvalue weighted by atomic mass is 10.0. The Labute approximate surface area is 460 Å². The number of aliphatic hydroxyl groups excluding tert-OH is 1. The van der Waals surface area contributed by atoms with E-state index < -0.39 is 97.5 Å². The van der Waals surface area contributed by atoms with E-state index in [2.05, 4.69) is 27.7 Å². The zero-order chi connectivity index (χ0) is 56.2. The van der Waals surface area contributed by atoms with Crippen LogP contribution in [0, 0.1) is 0 Å². The standard InChI is InChI=1S/C57H110O17P2/c1-5-9-13-17-19-21-23-24-25-26-27-28-30-32-36-40-44-57(62)74-53(48-68-55(60)42-38-35-31-29-22-20-18-14-10-6-2)50-72-76(65,66)70-46-51(58)45-69-75(63,64)71-49-52(73-56(61)43-39-34-16-12-8-4)47-67-54(59)41-37-33-15-11-7-3/h51-53,58H,5-50H2,1-4H3,(H,63,64)(H,65,66)/t51-,52+,53+/m0/s1. The molecule has 0 fully saturated rings. The van der Waals surface area contributed by atoms with Crippen LogP contribution in [0.25, 0.3) is 0 Å². The second kappa shape index (κ2) is 52.4. The first-order chi connectivity index (χ1) is 36.7. The molecular weight excluding hydrogens is 1020 g/mol. The fourth-order valence-electron chi connectivity index (χ4n) is 8.40. The van der Waals surface area contributed by atoms with Gasteiger partial charge in [0, 0.05) is 25.7 Å². The van der Waals surface area contributed by atoms with Gasteiger partial charge in [-0.2, -0.15) is 0 Å². The lowest BCUT2D eigenvalue weighted by Crippen LogP contribution is -2.30. The van der Waals surface area contributed by atoms with Gasteiger partial charge in [0.25, 0.3) is 0 Å². The third-order valence-electron chi connectivity index (χ3n) is 13.1. The van der Waals surface area contributed by atoms with Crippen molar-refractivity contribution in [2.24, 2.45) is 0 Å². The quantitative estimate of drug-likeness (QED) is 0.0222. The number of ether oxygens (including phenoxy) is 4. The van der Waals surface area contributed by atoms with E-state index >= 15 is 0 Å². The van der Waals surface area contributed by atoms with Crippen molar-refractivity contribution in [3.05, 3.63) is 0 Å². The van der Waals surface area contributed by atoms with Gasteiger partial charge in [-0.25, -0.2) is 9.13 Å². The van der Waals surface area contributed by atoms with Gasteiger partial charge in [-0.1, -0.05) is 233 Å². The predicted octanol–water partition coefficient (Wildman–Crippen LogP) is 15.2. The van der Waals surface area contributed by atoms with Gasteiger partial charge in [-0.15, -0.1) is 0 Å². The number of carbonyl (C=O) groups is 4. The van der Waals surface area contributed by atoms with Crippen LogP contribution in [0.15, 0.2) is 0 Å². The molecule has 0 aromatic carbocycles. The van der Waals surface area contributed by atoms with Crippen LogP contribution in [0.5, 0.6) is 0 Å². The van der Waals surface area contributed by atoms with Gasteiger partial charge in [-0.05, 0) is 25.7 Å². The molecular formula is C57H110O17P2. The highest BCUT2D eigenvalue weighted by Gasteiger charge is 2.30. The van der Waals surface area contributed by atoms with E-state index in [1.54, 1.807) is 0 Å². The van der Waals surface area contributed by atoms with Crippen LogP contribution in [0.1, 0.15) is 285 Å². The molecule has 0 aromatic heterocycles. The summed E-state index contributed by atoms with van der Waals surface area (Å²) < 4.78 is 67.3. The smallest absolute Gasteiger partial charge is 0.462 e. The summed E-state index contributed by atoms with van der Waals surface area (Å²) in [5.74, 6) is -2.16. The second-order valence-electron chi connectivity index (χ2n) is 20.7. The van der Waals surface area contributed by atoms with Crippen molar-refractivity contribution in [3.63, 3.8) is 0 Å². The SMILES string of the molecule is CCCCCCCCCCCCCCCCCCC(=O)O[C@H](COC(=O)CCCCCCCCCCCC)COP(=O)(O)OC[C@@H](O)COP(=O)(O)OC[C@@H](COC(=O)CCCCCCC)OC(=O)CCCCCCC. The van der Waals surface area contributed by atoms with Crippen LogP contribution in [0.2, 0.25) is 0 Å². The molecule has 5 atom stereocenters. The normalized spacial score (nSPS) is 14.4. The van der Waals surface area contributed by atoms with Crippen molar-refractivity contribution in [2.45, 2.75) is 303 Å². The Morgan fingerprint density at radius 2 is 0.526 bits per heavy atom. The van der Waals surface area contributed by atoms with Crippen molar-refractivity contribution >= 4 is 39.5 Å². The molecule has 0 saturated carbocycles. The van der Waals surface area contributed by atoms with E-state index in [1.807, 2.05) is 0 Å². The average Bonchev–Trinajstić information content (AvgIpc) is 3.39. The van der Waals surface area contributed by atoms with Crippen molar-refractivity contribution < 1.29 is 80.2 Å². The number of unbranched alkanes of at least 4 members (excludes halogenated alkanes) is 32. The van der Waals surface area contributed by atoms with E-state index in [1.165, 1.54) is 109 Å².